The second kappa shape index (κ2) is 11.8. The molecule has 21 heavy (non-hydrogen) atoms. The lowest BCUT2D eigenvalue weighted by Gasteiger charge is -2.12. The minimum absolute atomic E-state index is 0.628. The van der Waals surface area contributed by atoms with E-state index in [2.05, 4.69) is 22.9 Å². The standard InChI is InChI=1S/C16H25BrO4/c1-3-7-20-15-6-5-14(13-17)16(12-15)21-9-4-8-19-11-10-18-2/h5-6,12H,3-4,7-11,13H2,1-2H3. The van der Waals surface area contributed by atoms with E-state index in [9.17, 15) is 0 Å². The summed E-state index contributed by atoms with van der Waals surface area (Å²) in [4.78, 5) is 0. The highest BCUT2D eigenvalue weighted by molar-refractivity contribution is 9.08. The van der Waals surface area contributed by atoms with Crippen molar-refractivity contribution in [2.45, 2.75) is 25.1 Å². The molecule has 120 valence electrons. The summed E-state index contributed by atoms with van der Waals surface area (Å²) in [5.41, 5.74) is 1.12. The van der Waals surface area contributed by atoms with Crippen LogP contribution in [0.4, 0.5) is 0 Å². The van der Waals surface area contributed by atoms with Gasteiger partial charge in [0, 0.05) is 37.1 Å². The Morgan fingerprint density at radius 3 is 2.57 bits per heavy atom. The fourth-order valence-corrected chi connectivity index (χ4v) is 2.14. The van der Waals surface area contributed by atoms with Gasteiger partial charge in [-0.15, -0.1) is 0 Å². The van der Waals surface area contributed by atoms with Crippen LogP contribution in [0.1, 0.15) is 25.3 Å². The predicted octanol–water partition coefficient (Wildman–Crippen LogP) is 3.80. The molecule has 1 aromatic carbocycles. The Morgan fingerprint density at radius 1 is 1.00 bits per heavy atom. The molecule has 0 fully saturated rings. The zero-order valence-corrected chi connectivity index (χ0v) is 14.5. The third-order valence-corrected chi connectivity index (χ3v) is 3.38. The molecular formula is C16H25BrO4. The first kappa shape index (κ1) is 18.3. The molecule has 0 saturated carbocycles. The summed E-state index contributed by atoms with van der Waals surface area (Å²) >= 11 is 3.48. The molecule has 0 spiro atoms. The maximum Gasteiger partial charge on any atom is 0.127 e. The number of alkyl halides is 1. The monoisotopic (exact) mass is 360 g/mol. The highest BCUT2D eigenvalue weighted by atomic mass is 79.9. The maximum atomic E-state index is 5.83. The minimum Gasteiger partial charge on any atom is -0.493 e. The van der Waals surface area contributed by atoms with Gasteiger partial charge in [-0.25, -0.2) is 0 Å². The van der Waals surface area contributed by atoms with Crippen molar-refractivity contribution < 1.29 is 18.9 Å². The number of methoxy groups -OCH3 is 1. The minimum atomic E-state index is 0.628. The Bertz CT molecular complexity index is 385. The zero-order valence-electron chi connectivity index (χ0n) is 12.9. The van der Waals surface area contributed by atoms with Crippen LogP contribution in [0.3, 0.4) is 0 Å². The van der Waals surface area contributed by atoms with Gasteiger partial charge in [0.2, 0.25) is 0 Å². The molecule has 4 nitrogen and oxygen atoms in total. The number of hydrogen-bond donors (Lipinski definition) is 0. The first-order valence-electron chi connectivity index (χ1n) is 7.33. The Hall–Kier alpha value is -0.780. The molecule has 0 heterocycles. The van der Waals surface area contributed by atoms with Gasteiger partial charge in [0.15, 0.2) is 0 Å². The van der Waals surface area contributed by atoms with E-state index in [1.807, 2.05) is 18.2 Å². The summed E-state index contributed by atoms with van der Waals surface area (Å²) in [6, 6.07) is 5.97. The molecule has 1 rings (SSSR count). The van der Waals surface area contributed by atoms with Crippen LogP contribution in [0, 0.1) is 0 Å². The molecule has 0 aliphatic heterocycles. The van der Waals surface area contributed by atoms with Crippen molar-refractivity contribution in [1.29, 1.82) is 0 Å². The molecule has 0 unspecified atom stereocenters. The largest absolute Gasteiger partial charge is 0.493 e. The van der Waals surface area contributed by atoms with Crippen LogP contribution in [-0.2, 0) is 14.8 Å². The van der Waals surface area contributed by atoms with Crippen molar-refractivity contribution in [3.8, 4) is 11.5 Å². The fourth-order valence-electron chi connectivity index (χ4n) is 1.68. The van der Waals surface area contributed by atoms with Gasteiger partial charge in [-0.2, -0.15) is 0 Å². The number of ether oxygens (including phenoxy) is 4. The fraction of sp³-hybridized carbons (Fsp3) is 0.625. The van der Waals surface area contributed by atoms with Crippen molar-refractivity contribution in [2.75, 3.05) is 40.1 Å². The van der Waals surface area contributed by atoms with E-state index in [1.165, 1.54) is 0 Å². The summed E-state index contributed by atoms with van der Waals surface area (Å²) in [5.74, 6) is 1.73. The first-order valence-corrected chi connectivity index (χ1v) is 8.45. The van der Waals surface area contributed by atoms with Gasteiger partial charge in [0.05, 0.1) is 26.4 Å². The second-order valence-electron chi connectivity index (χ2n) is 4.56. The molecule has 0 aliphatic rings. The van der Waals surface area contributed by atoms with E-state index in [4.69, 9.17) is 18.9 Å². The summed E-state index contributed by atoms with van der Waals surface area (Å²) < 4.78 is 21.8. The van der Waals surface area contributed by atoms with Crippen LogP contribution in [0.15, 0.2) is 18.2 Å². The molecule has 0 bridgehead atoms. The van der Waals surface area contributed by atoms with Gasteiger partial charge in [-0.05, 0) is 12.5 Å². The molecule has 0 radical (unpaired) electrons. The summed E-state index contributed by atoms with van der Waals surface area (Å²) in [5, 5.41) is 0.765. The van der Waals surface area contributed by atoms with Gasteiger partial charge in [0.1, 0.15) is 11.5 Å². The molecule has 0 atom stereocenters. The molecule has 0 saturated heterocycles. The van der Waals surface area contributed by atoms with Crippen LogP contribution in [0.5, 0.6) is 11.5 Å². The van der Waals surface area contributed by atoms with E-state index in [-0.39, 0.29) is 0 Å². The summed E-state index contributed by atoms with van der Waals surface area (Å²) in [7, 11) is 1.67. The van der Waals surface area contributed by atoms with Gasteiger partial charge in [0.25, 0.3) is 0 Å². The van der Waals surface area contributed by atoms with Crippen molar-refractivity contribution in [3.63, 3.8) is 0 Å². The van der Waals surface area contributed by atoms with E-state index in [0.717, 1.165) is 41.8 Å². The van der Waals surface area contributed by atoms with Gasteiger partial charge in [-0.1, -0.05) is 28.9 Å². The molecule has 0 amide bonds. The number of halogens is 1. The van der Waals surface area contributed by atoms with E-state index < -0.39 is 0 Å². The number of benzene rings is 1. The van der Waals surface area contributed by atoms with E-state index >= 15 is 0 Å². The normalized spacial score (nSPS) is 10.6. The molecule has 0 aromatic heterocycles. The van der Waals surface area contributed by atoms with Crippen molar-refractivity contribution in [1.82, 2.24) is 0 Å². The van der Waals surface area contributed by atoms with Crippen molar-refractivity contribution in [3.05, 3.63) is 23.8 Å². The molecule has 0 N–H and O–H groups in total. The first-order chi connectivity index (χ1) is 10.3. The van der Waals surface area contributed by atoms with Crippen LogP contribution in [-0.4, -0.2) is 40.1 Å². The smallest absolute Gasteiger partial charge is 0.127 e. The quantitative estimate of drug-likeness (QED) is 0.419. The SMILES string of the molecule is CCCOc1ccc(CBr)c(OCCCOCCOC)c1. The molecule has 0 aliphatic carbocycles. The van der Waals surface area contributed by atoms with Crippen molar-refractivity contribution >= 4 is 15.9 Å². The van der Waals surface area contributed by atoms with Gasteiger partial charge >= 0.3 is 0 Å². The lowest BCUT2D eigenvalue weighted by molar-refractivity contribution is 0.0644. The predicted molar refractivity (Wildman–Crippen MR) is 87.7 cm³/mol. The lowest BCUT2D eigenvalue weighted by atomic mass is 10.2. The molecule has 1 aromatic rings. The number of rotatable bonds is 12. The van der Waals surface area contributed by atoms with Crippen LogP contribution < -0.4 is 9.47 Å². The Balaban J connectivity index is 2.37. The summed E-state index contributed by atoms with van der Waals surface area (Å²) in [6.45, 7) is 5.38. The lowest BCUT2D eigenvalue weighted by Crippen LogP contribution is -2.07. The maximum absolute atomic E-state index is 5.83. The van der Waals surface area contributed by atoms with Crippen LogP contribution in [0.2, 0.25) is 0 Å². The third-order valence-electron chi connectivity index (χ3n) is 2.78. The summed E-state index contributed by atoms with van der Waals surface area (Å²) in [6.07, 6.45) is 1.85. The molecule has 5 heteroatoms. The van der Waals surface area contributed by atoms with Gasteiger partial charge < -0.3 is 18.9 Å². The van der Waals surface area contributed by atoms with Crippen LogP contribution >= 0.6 is 15.9 Å². The van der Waals surface area contributed by atoms with Gasteiger partial charge in [-0.3, -0.25) is 0 Å². The highest BCUT2D eigenvalue weighted by Gasteiger charge is 2.05. The van der Waals surface area contributed by atoms with E-state index in [0.29, 0.717) is 26.4 Å². The Morgan fingerprint density at radius 2 is 1.86 bits per heavy atom. The topological polar surface area (TPSA) is 36.9 Å². The highest BCUT2D eigenvalue weighted by Crippen LogP contribution is 2.27. The van der Waals surface area contributed by atoms with Crippen LogP contribution in [0.25, 0.3) is 0 Å². The Labute approximate surface area is 135 Å². The number of hydrogen-bond acceptors (Lipinski definition) is 4. The third kappa shape index (κ3) is 7.69. The van der Waals surface area contributed by atoms with Crippen molar-refractivity contribution in [2.24, 2.45) is 0 Å². The zero-order chi connectivity index (χ0) is 15.3. The Kier molecular flexibility index (Phi) is 10.3. The molecular weight excluding hydrogens is 336 g/mol. The second-order valence-corrected chi connectivity index (χ2v) is 5.12. The average molecular weight is 361 g/mol. The average Bonchev–Trinajstić information content (AvgIpc) is 2.52. The van der Waals surface area contributed by atoms with E-state index in [1.54, 1.807) is 7.11 Å².